The summed E-state index contributed by atoms with van der Waals surface area (Å²) < 4.78 is 0. The summed E-state index contributed by atoms with van der Waals surface area (Å²) in [6.45, 7) is 2.88. The van der Waals surface area contributed by atoms with Crippen LogP contribution in [0.15, 0.2) is 0 Å². The van der Waals surface area contributed by atoms with Crippen molar-refractivity contribution in [3.05, 3.63) is 0 Å². The highest BCUT2D eigenvalue weighted by atomic mass is 16.4. The lowest BCUT2D eigenvalue weighted by Gasteiger charge is -2.41. The summed E-state index contributed by atoms with van der Waals surface area (Å²) in [5.74, 6) is 0.445. The molecule has 2 rings (SSSR count). The van der Waals surface area contributed by atoms with Crippen LogP contribution in [0, 0.1) is 5.92 Å². The summed E-state index contributed by atoms with van der Waals surface area (Å²) in [6.07, 6.45) is 4.36. The minimum absolute atomic E-state index is 0.0201. The van der Waals surface area contributed by atoms with Crippen molar-refractivity contribution >= 4 is 12.0 Å². The van der Waals surface area contributed by atoms with Gasteiger partial charge in [-0.15, -0.1) is 0 Å². The molecule has 6 nitrogen and oxygen atoms in total. The minimum atomic E-state index is -0.956. The Morgan fingerprint density at radius 1 is 1.45 bits per heavy atom. The van der Waals surface area contributed by atoms with Gasteiger partial charge < -0.3 is 21.1 Å². The molecule has 2 fully saturated rings. The lowest BCUT2D eigenvalue weighted by atomic mass is 9.78. The second-order valence-corrected chi connectivity index (χ2v) is 6.00. The summed E-state index contributed by atoms with van der Waals surface area (Å²) in [7, 11) is 0. The zero-order valence-electron chi connectivity index (χ0n) is 12.0. The predicted molar refractivity (Wildman–Crippen MR) is 75.3 cm³/mol. The van der Waals surface area contributed by atoms with Gasteiger partial charge in [0.1, 0.15) is 0 Å². The van der Waals surface area contributed by atoms with Crippen molar-refractivity contribution in [2.45, 2.75) is 63.6 Å². The molecule has 1 saturated carbocycles. The minimum Gasteiger partial charge on any atom is -0.465 e. The lowest BCUT2D eigenvalue weighted by molar-refractivity contribution is -0.132. The molecule has 0 aromatic rings. The Kier molecular flexibility index (Phi) is 4.86. The average Bonchev–Trinajstić information content (AvgIpc) is 2.70. The molecule has 2 amide bonds. The zero-order chi connectivity index (χ0) is 14.7. The predicted octanol–water partition coefficient (Wildman–Crippen LogP) is 1.15. The monoisotopic (exact) mass is 283 g/mol. The molecule has 4 atom stereocenters. The fraction of sp³-hybridized carbons (Fsp3) is 0.857. The van der Waals surface area contributed by atoms with E-state index in [0.29, 0.717) is 5.92 Å². The summed E-state index contributed by atoms with van der Waals surface area (Å²) in [5.41, 5.74) is 5.81. The van der Waals surface area contributed by atoms with E-state index < -0.39 is 6.09 Å². The third-order valence-corrected chi connectivity index (χ3v) is 4.61. The molecule has 1 saturated heterocycles. The number of nitrogens with two attached hydrogens (primary N) is 1. The highest BCUT2D eigenvalue weighted by Crippen LogP contribution is 2.34. The maximum Gasteiger partial charge on any atom is 0.404 e. The first kappa shape index (κ1) is 15.1. The van der Waals surface area contributed by atoms with Crippen molar-refractivity contribution in [3.8, 4) is 0 Å². The molecule has 1 aliphatic heterocycles. The van der Waals surface area contributed by atoms with Gasteiger partial charge in [-0.3, -0.25) is 4.79 Å². The van der Waals surface area contributed by atoms with Gasteiger partial charge in [0, 0.05) is 18.6 Å². The van der Waals surface area contributed by atoms with E-state index in [-0.39, 0.29) is 24.0 Å². The van der Waals surface area contributed by atoms with E-state index in [1.54, 1.807) is 0 Å². The highest BCUT2D eigenvalue weighted by molar-refractivity contribution is 5.84. The van der Waals surface area contributed by atoms with Crippen molar-refractivity contribution in [1.29, 1.82) is 0 Å². The first-order valence-electron chi connectivity index (χ1n) is 7.58. The number of carboxylic acid groups (broad SMARTS) is 1. The van der Waals surface area contributed by atoms with Crippen molar-refractivity contribution in [2.24, 2.45) is 11.7 Å². The Morgan fingerprint density at radius 2 is 2.20 bits per heavy atom. The Bertz CT molecular complexity index is 375. The molecule has 0 aromatic carbocycles. The summed E-state index contributed by atoms with van der Waals surface area (Å²) >= 11 is 0. The number of nitrogens with one attached hydrogen (secondary N) is 1. The molecule has 0 spiro atoms. The normalized spacial score (nSPS) is 34.3. The highest BCUT2D eigenvalue weighted by Gasteiger charge is 2.40. The first-order valence-corrected chi connectivity index (χ1v) is 7.58. The van der Waals surface area contributed by atoms with Gasteiger partial charge >= 0.3 is 6.09 Å². The van der Waals surface area contributed by atoms with Gasteiger partial charge in [-0.25, -0.2) is 4.79 Å². The fourth-order valence-corrected chi connectivity index (χ4v) is 3.70. The number of hydrogen-bond acceptors (Lipinski definition) is 3. The van der Waals surface area contributed by atoms with Crippen molar-refractivity contribution in [3.63, 3.8) is 0 Å². The van der Waals surface area contributed by atoms with Crippen LogP contribution in [0.25, 0.3) is 0 Å². The first-order chi connectivity index (χ1) is 9.52. The number of amides is 2. The molecule has 1 heterocycles. The topological polar surface area (TPSA) is 95.7 Å². The number of carbonyl (C=O) groups is 2. The molecule has 0 bridgehead atoms. The average molecular weight is 283 g/mol. The molecule has 2 aliphatic rings. The number of likely N-dealkylation sites (tertiary alicyclic amines) is 1. The van der Waals surface area contributed by atoms with Crippen LogP contribution >= 0.6 is 0 Å². The van der Waals surface area contributed by atoms with Crippen molar-refractivity contribution in [1.82, 2.24) is 10.2 Å². The zero-order valence-corrected chi connectivity index (χ0v) is 12.0. The Morgan fingerprint density at radius 3 is 2.75 bits per heavy atom. The fourth-order valence-electron chi connectivity index (χ4n) is 3.70. The van der Waals surface area contributed by atoms with Gasteiger partial charge in [-0.05, 0) is 38.0 Å². The van der Waals surface area contributed by atoms with E-state index >= 15 is 0 Å². The van der Waals surface area contributed by atoms with Gasteiger partial charge in [0.15, 0.2) is 0 Å². The van der Waals surface area contributed by atoms with Gasteiger partial charge in [0.25, 0.3) is 0 Å². The molecule has 0 radical (unpaired) electrons. The van der Waals surface area contributed by atoms with Crippen LogP contribution in [-0.2, 0) is 4.79 Å². The van der Waals surface area contributed by atoms with E-state index in [9.17, 15) is 9.59 Å². The van der Waals surface area contributed by atoms with Gasteiger partial charge in [-0.1, -0.05) is 13.3 Å². The van der Waals surface area contributed by atoms with E-state index in [1.165, 1.54) is 0 Å². The Balaban J connectivity index is 2.02. The largest absolute Gasteiger partial charge is 0.465 e. The van der Waals surface area contributed by atoms with Crippen molar-refractivity contribution < 1.29 is 14.7 Å². The quantitative estimate of drug-likeness (QED) is 0.721. The van der Waals surface area contributed by atoms with Crippen LogP contribution in [0.5, 0.6) is 0 Å². The molecular weight excluding hydrogens is 258 g/mol. The molecule has 4 unspecified atom stereocenters. The van der Waals surface area contributed by atoms with Crippen molar-refractivity contribution in [2.75, 3.05) is 6.54 Å². The summed E-state index contributed by atoms with van der Waals surface area (Å²) in [6, 6.07) is -0.0818. The Hall–Kier alpha value is -1.30. The van der Waals surface area contributed by atoms with E-state index in [4.69, 9.17) is 10.8 Å². The summed E-state index contributed by atoms with van der Waals surface area (Å²) in [4.78, 5) is 24.8. The van der Waals surface area contributed by atoms with Crippen LogP contribution < -0.4 is 11.1 Å². The summed E-state index contributed by atoms with van der Waals surface area (Å²) in [5, 5.41) is 11.4. The maximum absolute atomic E-state index is 12.1. The number of hydrogen-bond donors (Lipinski definition) is 3. The molecule has 114 valence electrons. The lowest BCUT2D eigenvalue weighted by Crippen LogP contribution is -2.50. The SMILES string of the molecule is CCCC1CC(NC(=O)O)CCC1N1CCC(N)C1=O. The standard InChI is InChI=1S/C14H25N3O3/c1-2-3-9-8-10(16-14(19)20)4-5-12(9)17-7-6-11(15)13(17)18/h9-12,16H,2-8,15H2,1H3,(H,19,20). The van der Waals surface area contributed by atoms with Crippen LogP contribution in [0.1, 0.15) is 45.4 Å². The maximum atomic E-state index is 12.1. The second kappa shape index (κ2) is 6.43. The molecule has 6 heteroatoms. The van der Waals surface area contributed by atoms with Crippen LogP contribution in [0.2, 0.25) is 0 Å². The van der Waals surface area contributed by atoms with Gasteiger partial charge in [-0.2, -0.15) is 0 Å². The van der Waals surface area contributed by atoms with E-state index in [2.05, 4.69) is 12.2 Å². The third kappa shape index (κ3) is 3.23. The third-order valence-electron chi connectivity index (χ3n) is 4.61. The molecule has 20 heavy (non-hydrogen) atoms. The second-order valence-electron chi connectivity index (χ2n) is 6.00. The van der Waals surface area contributed by atoms with Crippen LogP contribution in [0.3, 0.4) is 0 Å². The van der Waals surface area contributed by atoms with E-state index in [0.717, 1.165) is 45.1 Å². The van der Waals surface area contributed by atoms with Gasteiger partial charge in [0.05, 0.1) is 6.04 Å². The molecule has 4 N–H and O–H groups in total. The number of nitrogens with zero attached hydrogens (tertiary/aromatic N) is 1. The van der Waals surface area contributed by atoms with E-state index in [1.807, 2.05) is 4.90 Å². The van der Waals surface area contributed by atoms with Crippen LogP contribution in [-0.4, -0.2) is 46.7 Å². The van der Waals surface area contributed by atoms with Crippen LogP contribution in [0.4, 0.5) is 4.79 Å². The Labute approximate surface area is 119 Å². The number of rotatable bonds is 4. The molecular formula is C14H25N3O3. The molecule has 1 aliphatic carbocycles. The van der Waals surface area contributed by atoms with Gasteiger partial charge in [0.2, 0.25) is 5.91 Å². The number of carbonyl (C=O) groups excluding carboxylic acids is 1. The molecule has 0 aromatic heterocycles. The smallest absolute Gasteiger partial charge is 0.404 e.